The number of aliphatic carboxylic acids is 1. The number of hydrogen-bond donors (Lipinski definition) is 2. The average Bonchev–Trinajstić information content (AvgIpc) is 2.55. The molecule has 1 unspecified atom stereocenters. The van der Waals surface area contributed by atoms with E-state index in [1.54, 1.807) is 11.9 Å². The second-order valence-corrected chi connectivity index (χ2v) is 4.24. The van der Waals surface area contributed by atoms with Crippen molar-refractivity contribution in [3.05, 3.63) is 29.3 Å². The van der Waals surface area contributed by atoms with Crippen LogP contribution < -0.4 is 10.6 Å². The van der Waals surface area contributed by atoms with E-state index in [2.05, 4.69) is 0 Å². The van der Waals surface area contributed by atoms with Gasteiger partial charge in [-0.1, -0.05) is 12.1 Å². The minimum absolute atomic E-state index is 0.0553. The van der Waals surface area contributed by atoms with Crippen LogP contribution >= 0.6 is 0 Å². The number of carbonyl (C=O) groups excluding carboxylic acids is 1. The molecule has 3 N–H and O–H groups in total. The highest BCUT2D eigenvalue weighted by molar-refractivity contribution is 6.01. The average molecular weight is 234 g/mol. The Morgan fingerprint density at radius 1 is 1.59 bits per heavy atom. The number of carboxylic acid groups (broad SMARTS) is 1. The molecule has 1 aromatic carbocycles. The van der Waals surface area contributed by atoms with Gasteiger partial charge in [0, 0.05) is 12.7 Å². The highest BCUT2D eigenvalue weighted by atomic mass is 16.4. The molecule has 0 spiro atoms. The fourth-order valence-electron chi connectivity index (χ4n) is 1.96. The summed E-state index contributed by atoms with van der Waals surface area (Å²) >= 11 is 0. The van der Waals surface area contributed by atoms with Crippen molar-refractivity contribution in [3.8, 4) is 0 Å². The summed E-state index contributed by atoms with van der Waals surface area (Å²) in [5, 5.41) is 8.74. The number of amides is 1. The van der Waals surface area contributed by atoms with Gasteiger partial charge in [0.05, 0.1) is 6.42 Å². The predicted molar refractivity (Wildman–Crippen MR) is 62.9 cm³/mol. The third-order valence-corrected chi connectivity index (χ3v) is 3.00. The lowest BCUT2D eigenvalue weighted by Crippen LogP contribution is -2.32. The number of hydrogen-bond acceptors (Lipinski definition) is 3. The molecule has 5 nitrogen and oxygen atoms in total. The normalized spacial score (nSPS) is 15.9. The Bertz CT molecular complexity index is 485. The topological polar surface area (TPSA) is 83.6 Å². The maximum Gasteiger partial charge on any atom is 0.320 e. The maximum absolute atomic E-state index is 11.5. The van der Waals surface area contributed by atoms with E-state index in [0.29, 0.717) is 6.42 Å². The SMILES string of the molecule is CN1C(=O)Cc2ccc(CC(N)C(=O)O)cc21. The molecule has 1 aliphatic rings. The molecule has 90 valence electrons. The molecule has 0 saturated heterocycles. The standard InChI is InChI=1S/C12H14N2O3/c1-14-10-5-7(4-9(13)12(16)17)2-3-8(10)6-11(14)15/h2-3,5,9H,4,6,13H2,1H3,(H,16,17). The van der Waals surface area contributed by atoms with Gasteiger partial charge in [-0.05, 0) is 23.6 Å². The van der Waals surface area contributed by atoms with Crippen molar-refractivity contribution in [1.82, 2.24) is 0 Å². The lowest BCUT2D eigenvalue weighted by atomic mass is 10.0. The van der Waals surface area contributed by atoms with Gasteiger partial charge >= 0.3 is 5.97 Å². The Labute approximate surface area is 98.8 Å². The molecule has 1 aliphatic heterocycles. The first-order valence-corrected chi connectivity index (χ1v) is 5.36. The van der Waals surface area contributed by atoms with Gasteiger partial charge in [0.2, 0.25) is 5.91 Å². The Morgan fingerprint density at radius 3 is 2.94 bits per heavy atom. The van der Waals surface area contributed by atoms with Crippen molar-refractivity contribution in [2.24, 2.45) is 5.73 Å². The molecule has 1 aromatic rings. The fourth-order valence-corrected chi connectivity index (χ4v) is 1.96. The summed E-state index contributed by atoms with van der Waals surface area (Å²) < 4.78 is 0. The lowest BCUT2D eigenvalue weighted by molar-refractivity contribution is -0.138. The molecule has 0 saturated carbocycles. The Hall–Kier alpha value is -1.88. The van der Waals surface area contributed by atoms with E-state index in [9.17, 15) is 9.59 Å². The lowest BCUT2D eigenvalue weighted by Gasteiger charge is -2.12. The van der Waals surface area contributed by atoms with Crippen LogP contribution in [-0.4, -0.2) is 30.1 Å². The molecule has 17 heavy (non-hydrogen) atoms. The highest BCUT2D eigenvalue weighted by Crippen LogP contribution is 2.28. The van der Waals surface area contributed by atoms with Crippen molar-refractivity contribution >= 4 is 17.6 Å². The van der Waals surface area contributed by atoms with Gasteiger partial charge in [-0.15, -0.1) is 0 Å². The molecule has 0 aromatic heterocycles. The second-order valence-electron chi connectivity index (χ2n) is 4.24. The predicted octanol–water partition coefficient (Wildman–Crippen LogP) is 0.160. The van der Waals surface area contributed by atoms with Crippen LogP contribution in [0.4, 0.5) is 5.69 Å². The number of fused-ring (bicyclic) bond motifs is 1. The van der Waals surface area contributed by atoms with Crippen molar-refractivity contribution < 1.29 is 14.7 Å². The van der Waals surface area contributed by atoms with Gasteiger partial charge in [0.25, 0.3) is 0 Å². The third kappa shape index (κ3) is 2.14. The molecule has 0 fully saturated rings. The van der Waals surface area contributed by atoms with Crippen LogP contribution in [0.5, 0.6) is 0 Å². The van der Waals surface area contributed by atoms with Crippen molar-refractivity contribution in [3.63, 3.8) is 0 Å². The van der Waals surface area contributed by atoms with E-state index < -0.39 is 12.0 Å². The number of likely N-dealkylation sites (N-methyl/N-ethyl adjacent to an activating group) is 1. The van der Waals surface area contributed by atoms with Crippen molar-refractivity contribution in [1.29, 1.82) is 0 Å². The van der Waals surface area contributed by atoms with Crippen LogP contribution in [0.3, 0.4) is 0 Å². The summed E-state index contributed by atoms with van der Waals surface area (Å²) in [4.78, 5) is 23.7. The van der Waals surface area contributed by atoms with Gasteiger partial charge in [-0.2, -0.15) is 0 Å². The maximum atomic E-state index is 11.5. The smallest absolute Gasteiger partial charge is 0.320 e. The first-order chi connectivity index (χ1) is 7.99. The quantitative estimate of drug-likeness (QED) is 0.780. The van der Waals surface area contributed by atoms with Crippen molar-refractivity contribution in [2.75, 3.05) is 11.9 Å². The fraction of sp³-hybridized carbons (Fsp3) is 0.333. The largest absolute Gasteiger partial charge is 0.480 e. The number of carbonyl (C=O) groups is 2. The summed E-state index contributed by atoms with van der Waals surface area (Å²) in [5.74, 6) is -0.963. The minimum atomic E-state index is -1.02. The van der Waals surface area contributed by atoms with Crippen LogP contribution in [0.25, 0.3) is 0 Å². The zero-order chi connectivity index (χ0) is 12.6. The van der Waals surface area contributed by atoms with E-state index in [-0.39, 0.29) is 12.3 Å². The molecule has 0 bridgehead atoms. The van der Waals surface area contributed by atoms with E-state index >= 15 is 0 Å². The molecular formula is C12H14N2O3. The summed E-state index contributed by atoms with van der Waals surface area (Å²) in [7, 11) is 1.72. The van der Waals surface area contributed by atoms with Crippen LogP contribution in [0.1, 0.15) is 11.1 Å². The third-order valence-electron chi connectivity index (χ3n) is 3.00. The number of carboxylic acids is 1. The summed E-state index contributed by atoms with van der Waals surface area (Å²) in [6.45, 7) is 0. The number of rotatable bonds is 3. The van der Waals surface area contributed by atoms with E-state index in [0.717, 1.165) is 16.8 Å². The van der Waals surface area contributed by atoms with Gasteiger partial charge in [-0.3, -0.25) is 9.59 Å². The first-order valence-electron chi connectivity index (χ1n) is 5.36. The number of nitrogens with zero attached hydrogens (tertiary/aromatic N) is 1. The summed E-state index contributed by atoms with van der Waals surface area (Å²) in [5.41, 5.74) is 8.14. The molecule has 1 heterocycles. The molecule has 5 heteroatoms. The van der Waals surface area contributed by atoms with Gasteiger partial charge in [-0.25, -0.2) is 0 Å². The monoisotopic (exact) mass is 234 g/mol. The number of anilines is 1. The van der Waals surface area contributed by atoms with Crippen LogP contribution in [0.2, 0.25) is 0 Å². The van der Waals surface area contributed by atoms with Gasteiger partial charge in [0.1, 0.15) is 6.04 Å². The Kier molecular flexibility index (Phi) is 2.85. The molecule has 1 atom stereocenters. The van der Waals surface area contributed by atoms with E-state index in [4.69, 9.17) is 10.8 Å². The van der Waals surface area contributed by atoms with Crippen LogP contribution in [0, 0.1) is 0 Å². The van der Waals surface area contributed by atoms with Crippen LogP contribution in [-0.2, 0) is 22.4 Å². The first kappa shape index (κ1) is 11.6. The molecule has 0 aliphatic carbocycles. The number of benzene rings is 1. The Balaban J connectivity index is 2.23. The molecule has 2 rings (SSSR count). The Morgan fingerprint density at radius 2 is 2.29 bits per heavy atom. The minimum Gasteiger partial charge on any atom is -0.480 e. The highest BCUT2D eigenvalue weighted by Gasteiger charge is 2.24. The van der Waals surface area contributed by atoms with E-state index in [1.165, 1.54) is 0 Å². The number of nitrogens with two attached hydrogens (primary N) is 1. The molecular weight excluding hydrogens is 220 g/mol. The van der Waals surface area contributed by atoms with E-state index in [1.807, 2.05) is 18.2 Å². The van der Waals surface area contributed by atoms with Crippen molar-refractivity contribution in [2.45, 2.75) is 18.9 Å². The van der Waals surface area contributed by atoms with Gasteiger partial charge in [0.15, 0.2) is 0 Å². The zero-order valence-corrected chi connectivity index (χ0v) is 9.51. The zero-order valence-electron chi connectivity index (χ0n) is 9.51. The van der Waals surface area contributed by atoms with Gasteiger partial charge < -0.3 is 15.7 Å². The summed E-state index contributed by atoms with van der Waals surface area (Å²) in [6, 6.07) is 4.62. The summed E-state index contributed by atoms with van der Waals surface area (Å²) in [6.07, 6.45) is 0.682. The molecule has 0 radical (unpaired) electrons. The molecule has 1 amide bonds. The van der Waals surface area contributed by atoms with Crippen LogP contribution in [0.15, 0.2) is 18.2 Å². The second kappa shape index (κ2) is 4.18.